The van der Waals surface area contributed by atoms with Gasteiger partial charge in [-0.1, -0.05) is 0 Å². The Hall–Kier alpha value is -3.30. The molecule has 164 valence electrons. The van der Waals surface area contributed by atoms with Crippen molar-refractivity contribution in [2.75, 3.05) is 17.2 Å². The van der Waals surface area contributed by atoms with Gasteiger partial charge in [-0.2, -0.15) is 0 Å². The highest BCUT2D eigenvalue weighted by atomic mass is 19.1. The van der Waals surface area contributed by atoms with Crippen LogP contribution < -0.4 is 16.0 Å². The molecule has 4 heterocycles. The second kappa shape index (κ2) is 8.44. The summed E-state index contributed by atoms with van der Waals surface area (Å²) >= 11 is 0. The first-order chi connectivity index (χ1) is 14.8. The molecule has 1 saturated heterocycles. The van der Waals surface area contributed by atoms with E-state index in [0.29, 0.717) is 30.7 Å². The molecule has 4 rings (SSSR count). The van der Waals surface area contributed by atoms with Gasteiger partial charge in [0.2, 0.25) is 0 Å². The van der Waals surface area contributed by atoms with Crippen LogP contribution in [0.4, 0.5) is 20.4 Å². The van der Waals surface area contributed by atoms with Crippen LogP contribution in [0.1, 0.15) is 42.7 Å². The van der Waals surface area contributed by atoms with Gasteiger partial charge in [0.15, 0.2) is 11.5 Å². The lowest BCUT2D eigenvalue weighted by atomic mass is 10.1. The molecule has 0 aromatic carbocycles. The summed E-state index contributed by atoms with van der Waals surface area (Å²) < 4.78 is 28.2. The molecule has 3 aromatic rings. The normalized spacial score (nSPS) is 19.7. The molecular weight excluding hydrogens is 404 g/mol. The molecule has 1 aliphatic rings. The number of nitrogens with one attached hydrogen (secondary N) is 1. The molecule has 1 unspecified atom stereocenters. The van der Waals surface area contributed by atoms with Crippen molar-refractivity contribution in [2.24, 2.45) is 0 Å². The third kappa shape index (κ3) is 4.42. The van der Waals surface area contributed by atoms with Crippen molar-refractivity contribution in [3.63, 3.8) is 0 Å². The molecule has 0 spiro atoms. The SMILES string of the molecule is CC(CCc1ccc(F)cn1)NC(=O)c1c(N)nn2ccc(N3C[C@H](F)C[C@H]3C)nc12. The summed E-state index contributed by atoms with van der Waals surface area (Å²) in [6, 6.07) is 4.57. The van der Waals surface area contributed by atoms with E-state index >= 15 is 0 Å². The van der Waals surface area contributed by atoms with Crippen LogP contribution in [0.5, 0.6) is 0 Å². The van der Waals surface area contributed by atoms with E-state index in [1.165, 1.54) is 16.8 Å². The van der Waals surface area contributed by atoms with Crippen molar-refractivity contribution in [3.8, 4) is 0 Å². The number of nitrogen functional groups attached to an aromatic ring is 1. The highest BCUT2D eigenvalue weighted by Gasteiger charge is 2.30. The van der Waals surface area contributed by atoms with Crippen LogP contribution >= 0.6 is 0 Å². The minimum absolute atomic E-state index is 0.0163. The number of pyridine rings is 1. The van der Waals surface area contributed by atoms with Crippen molar-refractivity contribution in [3.05, 3.63) is 47.7 Å². The molecule has 0 saturated carbocycles. The van der Waals surface area contributed by atoms with Crippen LogP contribution in [0.15, 0.2) is 30.6 Å². The van der Waals surface area contributed by atoms with Gasteiger partial charge in [-0.05, 0) is 44.9 Å². The van der Waals surface area contributed by atoms with E-state index in [1.807, 2.05) is 18.7 Å². The van der Waals surface area contributed by atoms with Crippen molar-refractivity contribution < 1.29 is 13.6 Å². The monoisotopic (exact) mass is 429 g/mol. The Morgan fingerprint density at radius 3 is 2.87 bits per heavy atom. The van der Waals surface area contributed by atoms with Gasteiger partial charge in [0.1, 0.15) is 23.4 Å². The number of halogens is 2. The predicted octanol–water partition coefficient (Wildman–Crippen LogP) is 2.53. The van der Waals surface area contributed by atoms with Gasteiger partial charge >= 0.3 is 0 Å². The first-order valence-electron chi connectivity index (χ1n) is 10.3. The molecule has 1 fully saturated rings. The number of nitrogens with two attached hydrogens (primary N) is 1. The summed E-state index contributed by atoms with van der Waals surface area (Å²) in [5.41, 5.74) is 7.28. The number of carbonyl (C=O) groups is 1. The first-order valence-corrected chi connectivity index (χ1v) is 10.3. The van der Waals surface area contributed by atoms with E-state index in [-0.39, 0.29) is 41.7 Å². The second-order valence-corrected chi connectivity index (χ2v) is 8.03. The van der Waals surface area contributed by atoms with Crippen LogP contribution in [0, 0.1) is 5.82 Å². The van der Waals surface area contributed by atoms with Gasteiger partial charge in [-0.3, -0.25) is 9.78 Å². The number of aromatic nitrogens is 4. The van der Waals surface area contributed by atoms with E-state index in [1.54, 1.807) is 18.3 Å². The Labute approximate surface area is 178 Å². The Morgan fingerprint density at radius 2 is 2.19 bits per heavy atom. The molecule has 31 heavy (non-hydrogen) atoms. The first kappa shape index (κ1) is 21.0. The van der Waals surface area contributed by atoms with Crippen molar-refractivity contribution in [2.45, 2.75) is 51.4 Å². The second-order valence-electron chi connectivity index (χ2n) is 8.03. The molecule has 3 N–H and O–H groups in total. The van der Waals surface area contributed by atoms with E-state index in [9.17, 15) is 13.6 Å². The summed E-state index contributed by atoms with van der Waals surface area (Å²) in [7, 11) is 0. The van der Waals surface area contributed by atoms with Gasteiger partial charge in [-0.15, -0.1) is 5.10 Å². The Balaban J connectivity index is 1.49. The summed E-state index contributed by atoms with van der Waals surface area (Å²) in [6.45, 7) is 4.08. The maximum Gasteiger partial charge on any atom is 0.259 e. The zero-order valence-electron chi connectivity index (χ0n) is 17.4. The fourth-order valence-corrected chi connectivity index (χ4v) is 3.89. The van der Waals surface area contributed by atoms with Crippen molar-refractivity contribution in [1.29, 1.82) is 0 Å². The smallest absolute Gasteiger partial charge is 0.259 e. The van der Waals surface area contributed by atoms with Gasteiger partial charge < -0.3 is 16.0 Å². The van der Waals surface area contributed by atoms with Gasteiger partial charge in [0.05, 0.1) is 12.7 Å². The molecule has 0 aliphatic carbocycles. The molecule has 1 amide bonds. The maximum absolute atomic E-state index is 13.8. The molecule has 3 aromatic heterocycles. The van der Waals surface area contributed by atoms with E-state index < -0.39 is 6.17 Å². The number of carbonyl (C=O) groups excluding carboxylic acids is 1. The van der Waals surface area contributed by atoms with Gasteiger partial charge in [0, 0.05) is 30.4 Å². The quantitative estimate of drug-likeness (QED) is 0.625. The van der Waals surface area contributed by atoms with E-state index in [0.717, 1.165) is 5.69 Å². The number of hydrogen-bond donors (Lipinski definition) is 2. The number of rotatable bonds is 6. The topological polar surface area (TPSA) is 101 Å². The highest BCUT2D eigenvalue weighted by molar-refractivity contribution is 6.04. The minimum Gasteiger partial charge on any atom is -0.381 e. The Bertz CT molecular complexity index is 1090. The molecule has 3 atom stereocenters. The summed E-state index contributed by atoms with van der Waals surface area (Å²) in [5, 5.41) is 7.09. The van der Waals surface area contributed by atoms with Crippen LogP contribution in [0.2, 0.25) is 0 Å². The lowest BCUT2D eigenvalue weighted by Crippen LogP contribution is -2.33. The fraction of sp³-hybridized carbons (Fsp3) is 0.429. The van der Waals surface area contributed by atoms with E-state index in [2.05, 4.69) is 20.4 Å². The van der Waals surface area contributed by atoms with Crippen LogP contribution in [-0.4, -0.2) is 50.3 Å². The average molecular weight is 429 g/mol. The molecule has 0 radical (unpaired) electrons. The predicted molar refractivity (Wildman–Crippen MR) is 113 cm³/mol. The summed E-state index contributed by atoms with van der Waals surface area (Å²) in [5.74, 6) is -0.0997. The van der Waals surface area contributed by atoms with Crippen molar-refractivity contribution >= 4 is 23.2 Å². The van der Waals surface area contributed by atoms with Crippen LogP contribution in [-0.2, 0) is 6.42 Å². The number of nitrogens with zero attached hydrogens (tertiary/aromatic N) is 5. The lowest BCUT2D eigenvalue weighted by molar-refractivity contribution is 0.0940. The summed E-state index contributed by atoms with van der Waals surface area (Å²) in [4.78, 5) is 23.4. The average Bonchev–Trinajstić information content (AvgIpc) is 3.24. The number of fused-ring (bicyclic) bond motifs is 1. The van der Waals surface area contributed by atoms with Gasteiger partial charge in [0.25, 0.3) is 5.91 Å². The minimum atomic E-state index is -0.901. The molecule has 0 bridgehead atoms. The largest absolute Gasteiger partial charge is 0.381 e. The third-order valence-corrected chi connectivity index (χ3v) is 5.54. The lowest BCUT2D eigenvalue weighted by Gasteiger charge is -2.22. The molecular formula is C21H25F2N7O. The standard InChI is InChI=1S/C21H25F2N7O/c1-12(3-5-16-6-4-14(22)10-25-16)26-21(31)18-19(24)28-30-8-7-17(27-20(18)30)29-11-15(23)9-13(29)2/h4,6-8,10,12-13,15H,3,5,9,11H2,1-2H3,(H2,24,28)(H,26,31)/t12?,13-,15-/m1/s1. The fourth-order valence-electron chi connectivity index (χ4n) is 3.89. The molecule has 1 aliphatic heterocycles. The van der Waals surface area contributed by atoms with Crippen LogP contribution in [0.3, 0.4) is 0 Å². The molecule has 8 nitrogen and oxygen atoms in total. The van der Waals surface area contributed by atoms with Crippen LogP contribution in [0.25, 0.3) is 5.65 Å². The maximum atomic E-state index is 13.8. The number of alkyl halides is 1. The Morgan fingerprint density at radius 1 is 1.39 bits per heavy atom. The highest BCUT2D eigenvalue weighted by Crippen LogP contribution is 2.27. The zero-order chi connectivity index (χ0) is 22.1. The number of anilines is 2. The Kier molecular flexibility index (Phi) is 5.71. The van der Waals surface area contributed by atoms with Crippen molar-refractivity contribution in [1.82, 2.24) is 24.9 Å². The summed E-state index contributed by atoms with van der Waals surface area (Å²) in [6.07, 6.45) is 3.60. The third-order valence-electron chi connectivity index (χ3n) is 5.54. The number of amides is 1. The van der Waals surface area contributed by atoms with Gasteiger partial charge in [-0.25, -0.2) is 18.3 Å². The zero-order valence-corrected chi connectivity index (χ0v) is 17.4. The number of hydrogen-bond acceptors (Lipinski definition) is 6. The number of aryl methyl sites for hydroxylation is 1. The molecule has 10 heteroatoms. The van der Waals surface area contributed by atoms with E-state index in [4.69, 9.17) is 5.73 Å².